The molecule has 0 spiro atoms. The van der Waals surface area contributed by atoms with Gasteiger partial charge in [-0.25, -0.2) is 9.97 Å². The van der Waals surface area contributed by atoms with Gasteiger partial charge in [0.1, 0.15) is 17.5 Å². The Morgan fingerprint density at radius 1 is 1.08 bits per heavy atom. The van der Waals surface area contributed by atoms with E-state index >= 15 is 0 Å². The van der Waals surface area contributed by atoms with Crippen molar-refractivity contribution >= 4 is 23.0 Å². The third-order valence-corrected chi connectivity index (χ3v) is 4.48. The Balaban J connectivity index is 1.68. The lowest BCUT2D eigenvalue weighted by Crippen LogP contribution is -2.25. The number of para-hydroxylation sites is 1. The van der Waals surface area contributed by atoms with Gasteiger partial charge in [-0.05, 0) is 49.6 Å². The molecular formula is C21H19N5. The predicted octanol–water partition coefficient (Wildman–Crippen LogP) is 4.48. The van der Waals surface area contributed by atoms with Crippen molar-refractivity contribution in [2.75, 3.05) is 16.8 Å². The van der Waals surface area contributed by atoms with Gasteiger partial charge >= 0.3 is 0 Å². The highest BCUT2D eigenvalue weighted by atomic mass is 15.2. The highest BCUT2D eigenvalue weighted by Crippen LogP contribution is 2.33. The molecule has 4 rings (SSSR count). The summed E-state index contributed by atoms with van der Waals surface area (Å²) in [7, 11) is 0. The van der Waals surface area contributed by atoms with Crippen LogP contribution in [0.25, 0.3) is 0 Å². The highest BCUT2D eigenvalue weighted by Gasteiger charge is 2.19. The van der Waals surface area contributed by atoms with Crippen LogP contribution in [0.15, 0.2) is 54.6 Å². The van der Waals surface area contributed by atoms with E-state index < -0.39 is 0 Å². The zero-order valence-electron chi connectivity index (χ0n) is 14.6. The number of benzene rings is 2. The van der Waals surface area contributed by atoms with Crippen LogP contribution in [-0.4, -0.2) is 16.5 Å². The number of aryl methyl sites for hydroxylation is 2. The lowest BCUT2D eigenvalue weighted by Gasteiger charge is -2.30. The van der Waals surface area contributed by atoms with Crippen LogP contribution in [0.1, 0.15) is 23.4 Å². The van der Waals surface area contributed by atoms with Crippen molar-refractivity contribution in [3.05, 3.63) is 71.5 Å². The Labute approximate surface area is 153 Å². The number of nitriles is 1. The summed E-state index contributed by atoms with van der Waals surface area (Å²) in [4.78, 5) is 11.4. The van der Waals surface area contributed by atoms with Crippen molar-refractivity contribution in [3.8, 4) is 6.07 Å². The third kappa shape index (κ3) is 3.22. The maximum absolute atomic E-state index is 9.07. The fourth-order valence-electron chi connectivity index (χ4n) is 3.34. The largest absolute Gasteiger partial charge is 0.340 e. The molecule has 26 heavy (non-hydrogen) atoms. The molecule has 0 atom stereocenters. The average Bonchev–Trinajstić information content (AvgIpc) is 2.67. The Kier molecular flexibility index (Phi) is 4.24. The number of aromatic nitrogens is 2. The zero-order valence-corrected chi connectivity index (χ0v) is 14.6. The molecule has 0 aliphatic carbocycles. The highest BCUT2D eigenvalue weighted by molar-refractivity contribution is 5.68. The van der Waals surface area contributed by atoms with Gasteiger partial charge in [0.15, 0.2) is 0 Å². The van der Waals surface area contributed by atoms with Crippen LogP contribution in [0.4, 0.5) is 23.0 Å². The molecule has 0 unspecified atom stereocenters. The molecule has 1 aliphatic heterocycles. The number of fused-ring (bicyclic) bond motifs is 1. The van der Waals surface area contributed by atoms with Crippen molar-refractivity contribution in [1.29, 1.82) is 5.26 Å². The van der Waals surface area contributed by atoms with Gasteiger partial charge in [-0.3, -0.25) is 0 Å². The van der Waals surface area contributed by atoms with Gasteiger partial charge in [-0.1, -0.05) is 24.3 Å². The molecule has 5 nitrogen and oxygen atoms in total. The van der Waals surface area contributed by atoms with E-state index in [1.54, 1.807) is 6.07 Å². The van der Waals surface area contributed by atoms with Crippen LogP contribution in [-0.2, 0) is 6.42 Å². The molecule has 2 heterocycles. The lowest BCUT2D eigenvalue weighted by atomic mass is 10.0. The summed E-state index contributed by atoms with van der Waals surface area (Å²) in [5.41, 5.74) is 4.03. The van der Waals surface area contributed by atoms with Crippen LogP contribution in [0, 0.1) is 18.3 Å². The molecule has 1 aliphatic rings. The molecule has 0 radical (unpaired) electrons. The Morgan fingerprint density at radius 2 is 1.96 bits per heavy atom. The van der Waals surface area contributed by atoms with Crippen LogP contribution in [0.2, 0.25) is 0 Å². The molecule has 3 aromatic rings. The first-order valence-electron chi connectivity index (χ1n) is 8.71. The second kappa shape index (κ2) is 6.85. The molecule has 0 saturated heterocycles. The monoisotopic (exact) mass is 341 g/mol. The molecule has 128 valence electrons. The zero-order chi connectivity index (χ0) is 17.9. The summed E-state index contributed by atoms with van der Waals surface area (Å²) in [5.74, 6) is 2.33. The van der Waals surface area contributed by atoms with Gasteiger partial charge in [-0.15, -0.1) is 0 Å². The number of nitrogens with zero attached hydrogens (tertiary/aromatic N) is 4. The fraction of sp³-hybridized carbons (Fsp3) is 0.190. The van der Waals surface area contributed by atoms with Gasteiger partial charge < -0.3 is 10.2 Å². The topological polar surface area (TPSA) is 64.8 Å². The summed E-state index contributed by atoms with van der Waals surface area (Å²) in [5, 5.41) is 12.4. The maximum Gasteiger partial charge on any atom is 0.138 e. The number of nitrogens with one attached hydrogen (secondary N) is 1. The quantitative estimate of drug-likeness (QED) is 0.760. The van der Waals surface area contributed by atoms with Crippen molar-refractivity contribution in [3.63, 3.8) is 0 Å². The van der Waals surface area contributed by atoms with E-state index in [4.69, 9.17) is 5.26 Å². The van der Waals surface area contributed by atoms with Crippen LogP contribution < -0.4 is 10.2 Å². The number of hydrogen-bond donors (Lipinski definition) is 1. The van der Waals surface area contributed by atoms with Crippen molar-refractivity contribution in [2.45, 2.75) is 19.8 Å². The van der Waals surface area contributed by atoms with Crippen molar-refractivity contribution in [2.24, 2.45) is 0 Å². The molecule has 0 saturated carbocycles. The molecule has 1 aromatic heterocycles. The number of rotatable bonds is 3. The Hall–Kier alpha value is -3.39. The average molecular weight is 341 g/mol. The molecule has 0 amide bonds. The molecule has 2 aromatic carbocycles. The van der Waals surface area contributed by atoms with E-state index in [1.165, 1.54) is 11.3 Å². The summed E-state index contributed by atoms with van der Waals surface area (Å²) >= 11 is 0. The number of hydrogen-bond acceptors (Lipinski definition) is 5. The molecule has 0 bridgehead atoms. The minimum Gasteiger partial charge on any atom is -0.340 e. The van der Waals surface area contributed by atoms with E-state index in [9.17, 15) is 0 Å². The molecule has 0 fully saturated rings. The van der Waals surface area contributed by atoms with E-state index in [-0.39, 0.29) is 0 Å². The molecular weight excluding hydrogens is 322 g/mol. The smallest absolute Gasteiger partial charge is 0.138 e. The third-order valence-electron chi connectivity index (χ3n) is 4.48. The predicted molar refractivity (Wildman–Crippen MR) is 103 cm³/mol. The fourth-order valence-corrected chi connectivity index (χ4v) is 3.34. The first-order chi connectivity index (χ1) is 12.7. The maximum atomic E-state index is 9.07. The SMILES string of the molecule is Cc1nc(Nc2cccc(C#N)c2)cc(N2CCCc3ccccc32)n1. The minimum absolute atomic E-state index is 0.617. The van der Waals surface area contributed by atoms with Crippen LogP contribution in [0.3, 0.4) is 0 Å². The second-order valence-electron chi connectivity index (χ2n) is 6.36. The number of anilines is 4. The molecule has 1 N–H and O–H groups in total. The first-order valence-corrected chi connectivity index (χ1v) is 8.71. The van der Waals surface area contributed by atoms with E-state index in [1.807, 2.05) is 31.2 Å². The van der Waals surface area contributed by atoms with Gasteiger partial charge in [0.25, 0.3) is 0 Å². The first kappa shape index (κ1) is 16.1. The van der Waals surface area contributed by atoms with Crippen molar-refractivity contribution in [1.82, 2.24) is 9.97 Å². The Morgan fingerprint density at radius 3 is 2.85 bits per heavy atom. The van der Waals surface area contributed by atoms with E-state index in [2.05, 4.69) is 50.5 Å². The van der Waals surface area contributed by atoms with Crippen LogP contribution >= 0.6 is 0 Å². The van der Waals surface area contributed by atoms with E-state index in [0.29, 0.717) is 11.4 Å². The lowest BCUT2D eigenvalue weighted by molar-refractivity contribution is 0.757. The normalized spacial score (nSPS) is 13.0. The van der Waals surface area contributed by atoms with Gasteiger partial charge in [0.2, 0.25) is 0 Å². The van der Waals surface area contributed by atoms with Gasteiger partial charge in [-0.2, -0.15) is 5.26 Å². The summed E-state index contributed by atoms with van der Waals surface area (Å²) in [6.07, 6.45) is 2.20. The van der Waals surface area contributed by atoms with Gasteiger partial charge in [0, 0.05) is 24.0 Å². The van der Waals surface area contributed by atoms with Gasteiger partial charge in [0.05, 0.1) is 11.6 Å². The second-order valence-corrected chi connectivity index (χ2v) is 6.36. The van der Waals surface area contributed by atoms with Crippen molar-refractivity contribution < 1.29 is 0 Å². The summed E-state index contributed by atoms with van der Waals surface area (Å²) in [6.45, 7) is 2.84. The summed E-state index contributed by atoms with van der Waals surface area (Å²) in [6, 6.07) is 20.0. The molecule has 5 heteroatoms. The van der Waals surface area contributed by atoms with E-state index in [0.717, 1.165) is 36.7 Å². The van der Waals surface area contributed by atoms with Crippen LogP contribution in [0.5, 0.6) is 0 Å². The minimum atomic E-state index is 0.617. The Bertz CT molecular complexity index is 990. The summed E-state index contributed by atoms with van der Waals surface area (Å²) < 4.78 is 0. The standard InChI is InChI=1S/C21H19N5/c1-15-23-20(25-18-9-4-6-16(12-18)14-22)13-21(24-15)26-11-5-8-17-7-2-3-10-19(17)26/h2-4,6-7,9-10,12-13H,5,8,11H2,1H3,(H,23,24,25).